The number of carbonyl (C=O) groups excluding carboxylic acids is 2. The number of hydrogen-bond donors (Lipinski definition) is 1. The molecule has 1 N–H and O–H groups in total. The molecule has 2 aromatic carbocycles. The molecule has 1 heterocycles. The smallest absolute Gasteiger partial charge is 0.242 e. The highest BCUT2D eigenvalue weighted by molar-refractivity contribution is 8.15. The molecule has 1 aliphatic rings. The second-order valence-corrected chi connectivity index (χ2v) is 8.87. The van der Waals surface area contributed by atoms with E-state index in [1.807, 2.05) is 63.2 Å². The number of amidine groups is 1. The van der Waals surface area contributed by atoms with E-state index in [0.717, 1.165) is 40.9 Å². The molecule has 0 radical (unpaired) electrons. The number of aliphatic imine (C=N–C) groups is 1. The minimum Gasteiger partial charge on any atom is -0.326 e. The maximum atomic E-state index is 13.0. The summed E-state index contributed by atoms with van der Waals surface area (Å²) in [6.07, 6.45) is 2.02. The van der Waals surface area contributed by atoms with Crippen LogP contribution in [0.15, 0.2) is 47.5 Å². The number of amides is 2. The molecule has 1 atom stereocenters. The van der Waals surface area contributed by atoms with Crippen LogP contribution >= 0.6 is 11.8 Å². The predicted octanol–water partition coefficient (Wildman–Crippen LogP) is 5.37. The van der Waals surface area contributed by atoms with Gasteiger partial charge in [-0.2, -0.15) is 0 Å². The Morgan fingerprint density at radius 1 is 1.13 bits per heavy atom. The molecule has 1 fully saturated rings. The first-order chi connectivity index (χ1) is 14.4. The van der Waals surface area contributed by atoms with Crippen LogP contribution in [0.25, 0.3) is 0 Å². The Morgan fingerprint density at radius 2 is 1.83 bits per heavy atom. The van der Waals surface area contributed by atoms with Crippen molar-refractivity contribution in [2.45, 2.75) is 52.2 Å². The van der Waals surface area contributed by atoms with Crippen LogP contribution in [0.2, 0.25) is 0 Å². The van der Waals surface area contributed by atoms with Crippen LogP contribution in [0.4, 0.5) is 11.4 Å². The van der Waals surface area contributed by atoms with E-state index in [0.29, 0.717) is 11.7 Å². The first-order valence-electron chi connectivity index (χ1n) is 10.4. The van der Waals surface area contributed by atoms with Gasteiger partial charge in [-0.1, -0.05) is 55.4 Å². The summed E-state index contributed by atoms with van der Waals surface area (Å²) in [5.74, 6) is -0.179. The van der Waals surface area contributed by atoms with Gasteiger partial charge < -0.3 is 5.32 Å². The van der Waals surface area contributed by atoms with E-state index in [-0.39, 0.29) is 18.2 Å². The number of nitrogens with zero attached hydrogens (tertiary/aromatic N) is 2. The third-order valence-corrected chi connectivity index (χ3v) is 6.27. The lowest BCUT2D eigenvalue weighted by atomic mass is 10.1. The highest BCUT2D eigenvalue weighted by atomic mass is 32.2. The molecule has 2 aromatic rings. The summed E-state index contributed by atoms with van der Waals surface area (Å²) in [6, 6.07) is 13.8. The van der Waals surface area contributed by atoms with Gasteiger partial charge in [-0.3, -0.25) is 14.5 Å². The zero-order valence-electron chi connectivity index (χ0n) is 18.1. The molecular formula is C24H29N3O2S. The highest BCUT2D eigenvalue weighted by Gasteiger charge is 2.38. The Bertz CT molecular complexity index is 950. The standard InChI is InChI=1S/C24H29N3O2S/c1-5-6-13-27-23(29)20(30-24(27)25-19-12-7-9-16(2)14-19)15-21(28)26-22-17(3)10-8-11-18(22)4/h7-12,14,20H,5-6,13,15H2,1-4H3,(H,26,28)/t20-/m0/s1. The summed E-state index contributed by atoms with van der Waals surface area (Å²) in [4.78, 5) is 32.2. The number of carbonyl (C=O) groups is 2. The van der Waals surface area contributed by atoms with Gasteiger partial charge in [-0.15, -0.1) is 0 Å². The minimum absolute atomic E-state index is 0.0310. The zero-order valence-corrected chi connectivity index (χ0v) is 18.9. The number of benzene rings is 2. The highest BCUT2D eigenvalue weighted by Crippen LogP contribution is 2.32. The molecule has 0 unspecified atom stereocenters. The number of aryl methyl sites for hydroxylation is 3. The summed E-state index contributed by atoms with van der Waals surface area (Å²) in [5, 5.41) is 3.23. The number of thioether (sulfide) groups is 1. The fraction of sp³-hybridized carbons (Fsp3) is 0.375. The van der Waals surface area contributed by atoms with Crippen LogP contribution in [0.1, 0.15) is 42.9 Å². The molecule has 1 saturated heterocycles. The normalized spacial score (nSPS) is 17.6. The van der Waals surface area contributed by atoms with Crippen LogP contribution < -0.4 is 5.32 Å². The molecule has 30 heavy (non-hydrogen) atoms. The number of hydrogen-bond acceptors (Lipinski definition) is 4. The van der Waals surface area contributed by atoms with Crippen molar-refractivity contribution < 1.29 is 9.59 Å². The Labute approximate surface area is 183 Å². The van der Waals surface area contributed by atoms with E-state index >= 15 is 0 Å². The van der Waals surface area contributed by atoms with Crippen LogP contribution in [0.5, 0.6) is 0 Å². The van der Waals surface area contributed by atoms with Gasteiger partial charge >= 0.3 is 0 Å². The fourth-order valence-electron chi connectivity index (χ4n) is 3.43. The molecule has 6 heteroatoms. The molecule has 0 bridgehead atoms. The molecular weight excluding hydrogens is 394 g/mol. The number of para-hydroxylation sites is 1. The topological polar surface area (TPSA) is 61.8 Å². The summed E-state index contributed by atoms with van der Waals surface area (Å²) >= 11 is 1.39. The van der Waals surface area contributed by atoms with Crippen molar-refractivity contribution in [3.8, 4) is 0 Å². The van der Waals surface area contributed by atoms with Gasteiger partial charge in [0.15, 0.2) is 5.17 Å². The van der Waals surface area contributed by atoms with Crippen molar-refractivity contribution in [3.05, 3.63) is 59.2 Å². The first kappa shape index (κ1) is 22.1. The van der Waals surface area contributed by atoms with Crippen LogP contribution in [0.3, 0.4) is 0 Å². The maximum Gasteiger partial charge on any atom is 0.242 e. The van der Waals surface area contributed by atoms with Crippen LogP contribution in [-0.2, 0) is 9.59 Å². The monoisotopic (exact) mass is 423 g/mol. The molecule has 158 valence electrons. The van der Waals surface area contributed by atoms with Gasteiger partial charge in [-0.05, 0) is 56.0 Å². The Hall–Kier alpha value is -2.60. The number of nitrogens with one attached hydrogen (secondary N) is 1. The van der Waals surface area contributed by atoms with E-state index in [1.165, 1.54) is 11.8 Å². The van der Waals surface area contributed by atoms with Crippen molar-refractivity contribution in [3.63, 3.8) is 0 Å². The fourth-order valence-corrected chi connectivity index (χ4v) is 4.61. The number of rotatable bonds is 7. The van der Waals surface area contributed by atoms with Gasteiger partial charge in [-0.25, -0.2) is 4.99 Å². The summed E-state index contributed by atoms with van der Waals surface area (Å²) < 4.78 is 0. The maximum absolute atomic E-state index is 13.0. The molecule has 0 spiro atoms. The van der Waals surface area contributed by atoms with Gasteiger partial charge in [0, 0.05) is 18.7 Å². The van der Waals surface area contributed by atoms with Gasteiger partial charge in [0.2, 0.25) is 11.8 Å². The summed E-state index contributed by atoms with van der Waals surface area (Å²) in [5.41, 5.74) is 4.80. The van der Waals surface area contributed by atoms with Gasteiger partial charge in [0.25, 0.3) is 0 Å². The van der Waals surface area contributed by atoms with Crippen molar-refractivity contribution in [2.24, 2.45) is 4.99 Å². The van der Waals surface area contributed by atoms with Crippen molar-refractivity contribution in [1.82, 2.24) is 4.90 Å². The Balaban J connectivity index is 1.76. The van der Waals surface area contributed by atoms with E-state index in [1.54, 1.807) is 4.90 Å². The minimum atomic E-state index is -0.449. The van der Waals surface area contributed by atoms with E-state index in [2.05, 4.69) is 12.2 Å². The lowest BCUT2D eigenvalue weighted by Gasteiger charge is -2.16. The third kappa shape index (κ3) is 5.30. The SMILES string of the molecule is CCCCN1C(=O)[C@H](CC(=O)Nc2c(C)cccc2C)SC1=Nc1cccc(C)c1. The molecule has 2 amide bonds. The molecule has 0 aromatic heterocycles. The average Bonchev–Trinajstić information content (AvgIpc) is 2.97. The second-order valence-electron chi connectivity index (χ2n) is 7.70. The molecule has 0 aliphatic carbocycles. The molecule has 5 nitrogen and oxygen atoms in total. The lowest BCUT2D eigenvalue weighted by molar-refractivity contribution is -0.128. The van der Waals surface area contributed by atoms with E-state index < -0.39 is 5.25 Å². The molecule has 0 saturated carbocycles. The molecule has 3 rings (SSSR count). The number of anilines is 1. The second kappa shape index (κ2) is 9.94. The third-order valence-electron chi connectivity index (χ3n) is 5.10. The summed E-state index contributed by atoms with van der Waals surface area (Å²) in [7, 11) is 0. The lowest BCUT2D eigenvalue weighted by Crippen LogP contribution is -2.34. The molecule has 1 aliphatic heterocycles. The Morgan fingerprint density at radius 3 is 2.50 bits per heavy atom. The van der Waals surface area contributed by atoms with Gasteiger partial charge in [0.05, 0.1) is 5.69 Å². The van der Waals surface area contributed by atoms with Crippen molar-refractivity contribution in [1.29, 1.82) is 0 Å². The average molecular weight is 424 g/mol. The number of unbranched alkanes of at least 4 members (excludes halogenated alkanes) is 1. The van der Waals surface area contributed by atoms with E-state index in [4.69, 9.17) is 4.99 Å². The van der Waals surface area contributed by atoms with E-state index in [9.17, 15) is 9.59 Å². The Kier molecular flexibility index (Phi) is 7.32. The van der Waals surface area contributed by atoms with Crippen molar-refractivity contribution >= 4 is 40.1 Å². The largest absolute Gasteiger partial charge is 0.326 e. The predicted molar refractivity (Wildman–Crippen MR) is 125 cm³/mol. The van der Waals surface area contributed by atoms with Gasteiger partial charge in [0.1, 0.15) is 5.25 Å². The quantitative estimate of drug-likeness (QED) is 0.651. The van der Waals surface area contributed by atoms with Crippen LogP contribution in [-0.4, -0.2) is 33.7 Å². The van der Waals surface area contributed by atoms with Crippen molar-refractivity contribution in [2.75, 3.05) is 11.9 Å². The van der Waals surface area contributed by atoms with Crippen LogP contribution in [0, 0.1) is 20.8 Å². The summed E-state index contributed by atoms with van der Waals surface area (Å²) in [6.45, 7) is 8.68. The zero-order chi connectivity index (χ0) is 21.7. The first-order valence-corrected chi connectivity index (χ1v) is 11.3.